The third kappa shape index (κ3) is 3.57. The third-order valence-electron chi connectivity index (χ3n) is 3.30. The summed E-state index contributed by atoms with van der Waals surface area (Å²) in [6, 6.07) is 0.371. The average Bonchev–Trinajstić information content (AvgIpc) is 2.29. The van der Waals surface area contributed by atoms with Crippen molar-refractivity contribution in [1.82, 2.24) is 15.5 Å². The fourth-order valence-corrected chi connectivity index (χ4v) is 2.33. The van der Waals surface area contributed by atoms with E-state index in [0.29, 0.717) is 25.4 Å². The van der Waals surface area contributed by atoms with Crippen LogP contribution in [0.25, 0.3) is 0 Å². The smallest absolute Gasteiger partial charge is 0.227 e. The minimum Gasteiger partial charge on any atom is -0.355 e. The highest BCUT2D eigenvalue weighted by Crippen LogP contribution is 2.15. The Morgan fingerprint density at radius 1 is 1.47 bits per heavy atom. The van der Waals surface area contributed by atoms with E-state index in [2.05, 4.69) is 17.6 Å². The molecular weight excluding hydrogens is 242 g/mol. The Labute approximate surface area is 108 Å². The molecule has 0 aromatic heterocycles. The second kappa shape index (κ2) is 6.21. The van der Waals surface area contributed by atoms with Gasteiger partial charge in [-0.05, 0) is 13.3 Å². The highest BCUT2D eigenvalue weighted by Gasteiger charge is 2.30. The van der Waals surface area contributed by atoms with E-state index >= 15 is 0 Å². The second-order valence-electron chi connectivity index (χ2n) is 4.68. The van der Waals surface area contributed by atoms with Crippen molar-refractivity contribution in [3.05, 3.63) is 0 Å². The number of nitrogens with one attached hydrogen (secondary N) is 2. The molecule has 6 heteroatoms. The number of carbonyl (C=O) groups excluding carboxylic acids is 2. The first kappa shape index (κ1) is 14.3. The van der Waals surface area contributed by atoms with Gasteiger partial charge in [-0.25, -0.2) is 0 Å². The lowest BCUT2D eigenvalue weighted by molar-refractivity contribution is -0.138. The molecule has 2 fully saturated rings. The SMILES string of the molecule is C[C@@H]1CN(C(=O)C2CCC(=O)NC2)CCN1.Cl. The van der Waals surface area contributed by atoms with Crippen LogP contribution in [0.2, 0.25) is 0 Å². The first-order valence-corrected chi connectivity index (χ1v) is 5.95. The zero-order valence-electron chi connectivity index (χ0n) is 10.1. The lowest BCUT2D eigenvalue weighted by Crippen LogP contribution is -2.54. The Kier molecular flexibility index (Phi) is 5.21. The van der Waals surface area contributed by atoms with E-state index in [-0.39, 0.29) is 30.1 Å². The van der Waals surface area contributed by atoms with Gasteiger partial charge in [0.1, 0.15) is 0 Å². The molecule has 0 radical (unpaired) electrons. The van der Waals surface area contributed by atoms with Gasteiger partial charge in [-0.2, -0.15) is 0 Å². The molecular formula is C11H20ClN3O2. The fourth-order valence-electron chi connectivity index (χ4n) is 2.33. The van der Waals surface area contributed by atoms with Crippen molar-refractivity contribution in [2.75, 3.05) is 26.2 Å². The molecule has 5 nitrogen and oxygen atoms in total. The number of nitrogens with zero attached hydrogens (tertiary/aromatic N) is 1. The molecule has 0 aromatic carbocycles. The molecule has 0 aromatic rings. The van der Waals surface area contributed by atoms with Gasteiger partial charge in [0.15, 0.2) is 0 Å². The number of piperidine rings is 1. The standard InChI is InChI=1S/C11H19N3O2.ClH/c1-8-7-14(5-4-12-8)11(16)9-2-3-10(15)13-6-9;/h8-9,12H,2-7H2,1H3,(H,13,15);1H/t8-,9?;/m1./s1. The second-order valence-corrected chi connectivity index (χ2v) is 4.68. The highest BCUT2D eigenvalue weighted by atomic mass is 35.5. The summed E-state index contributed by atoms with van der Waals surface area (Å²) in [6.07, 6.45) is 1.18. The van der Waals surface area contributed by atoms with Crippen LogP contribution in [0.1, 0.15) is 19.8 Å². The first-order valence-electron chi connectivity index (χ1n) is 5.95. The number of piperazine rings is 1. The van der Waals surface area contributed by atoms with E-state index in [9.17, 15) is 9.59 Å². The molecule has 2 aliphatic heterocycles. The predicted octanol–water partition coefficient (Wildman–Crippen LogP) is -0.245. The summed E-state index contributed by atoms with van der Waals surface area (Å²) in [5.74, 6) is 0.258. The number of hydrogen-bond acceptors (Lipinski definition) is 3. The van der Waals surface area contributed by atoms with Crippen molar-refractivity contribution in [3.63, 3.8) is 0 Å². The first-order chi connectivity index (χ1) is 7.66. The Bertz CT molecular complexity index is 288. The molecule has 2 N–H and O–H groups in total. The Hall–Kier alpha value is -0.810. The van der Waals surface area contributed by atoms with Crippen LogP contribution in [0.4, 0.5) is 0 Å². The molecule has 98 valence electrons. The van der Waals surface area contributed by atoms with Gasteiger partial charge in [0, 0.05) is 38.6 Å². The van der Waals surface area contributed by atoms with E-state index in [1.165, 1.54) is 0 Å². The molecule has 0 aliphatic carbocycles. The van der Waals surface area contributed by atoms with E-state index in [1.54, 1.807) is 0 Å². The quantitative estimate of drug-likeness (QED) is 0.685. The molecule has 17 heavy (non-hydrogen) atoms. The average molecular weight is 262 g/mol. The number of halogens is 1. The maximum atomic E-state index is 12.2. The zero-order chi connectivity index (χ0) is 11.5. The topological polar surface area (TPSA) is 61.4 Å². The molecule has 0 spiro atoms. The molecule has 2 atom stereocenters. The maximum Gasteiger partial charge on any atom is 0.227 e. The fraction of sp³-hybridized carbons (Fsp3) is 0.818. The monoisotopic (exact) mass is 261 g/mol. The lowest BCUT2D eigenvalue weighted by atomic mass is 9.97. The normalized spacial score (nSPS) is 29.2. The summed E-state index contributed by atoms with van der Waals surface area (Å²) in [4.78, 5) is 25.1. The van der Waals surface area contributed by atoms with Gasteiger partial charge in [-0.3, -0.25) is 9.59 Å². The van der Waals surface area contributed by atoms with E-state index < -0.39 is 0 Å². The molecule has 2 saturated heterocycles. The van der Waals surface area contributed by atoms with Gasteiger partial charge >= 0.3 is 0 Å². The molecule has 2 amide bonds. The van der Waals surface area contributed by atoms with E-state index in [4.69, 9.17) is 0 Å². The Morgan fingerprint density at radius 3 is 2.82 bits per heavy atom. The summed E-state index contributed by atoms with van der Waals surface area (Å²) < 4.78 is 0. The minimum atomic E-state index is -0.0111. The summed E-state index contributed by atoms with van der Waals surface area (Å²) in [6.45, 7) is 5.03. The maximum absolute atomic E-state index is 12.2. The van der Waals surface area contributed by atoms with Crippen LogP contribution in [-0.2, 0) is 9.59 Å². The van der Waals surface area contributed by atoms with Gasteiger partial charge in [0.25, 0.3) is 0 Å². The van der Waals surface area contributed by atoms with Crippen molar-refractivity contribution in [1.29, 1.82) is 0 Å². The van der Waals surface area contributed by atoms with Crippen molar-refractivity contribution in [3.8, 4) is 0 Å². The minimum absolute atomic E-state index is 0. The van der Waals surface area contributed by atoms with E-state index in [0.717, 1.165) is 19.6 Å². The largest absolute Gasteiger partial charge is 0.355 e. The summed E-state index contributed by atoms with van der Waals surface area (Å²) in [7, 11) is 0. The number of carbonyl (C=O) groups is 2. The number of rotatable bonds is 1. The van der Waals surface area contributed by atoms with Crippen LogP contribution in [-0.4, -0.2) is 48.9 Å². The van der Waals surface area contributed by atoms with Crippen molar-refractivity contribution < 1.29 is 9.59 Å². The van der Waals surface area contributed by atoms with Crippen LogP contribution in [0, 0.1) is 5.92 Å². The van der Waals surface area contributed by atoms with Crippen molar-refractivity contribution >= 4 is 24.2 Å². The van der Waals surface area contributed by atoms with Crippen molar-refractivity contribution in [2.24, 2.45) is 5.92 Å². The molecule has 0 bridgehead atoms. The lowest BCUT2D eigenvalue weighted by Gasteiger charge is -2.35. The van der Waals surface area contributed by atoms with Gasteiger partial charge < -0.3 is 15.5 Å². The van der Waals surface area contributed by atoms with Gasteiger partial charge in [0.05, 0.1) is 5.92 Å². The number of hydrogen-bond donors (Lipinski definition) is 2. The van der Waals surface area contributed by atoms with Crippen LogP contribution in [0.3, 0.4) is 0 Å². The summed E-state index contributed by atoms with van der Waals surface area (Å²) in [5.41, 5.74) is 0. The predicted molar refractivity (Wildman–Crippen MR) is 67.0 cm³/mol. The third-order valence-corrected chi connectivity index (χ3v) is 3.30. The molecule has 2 aliphatic rings. The Balaban J connectivity index is 0.00000144. The number of amides is 2. The van der Waals surface area contributed by atoms with E-state index in [1.807, 2.05) is 4.90 Å². The summed E-state index contributed by atoms with van der Waals surface area (Å²) >= 11 is 0. The van der Waals surface area contributed by atoms with Crippen LogP contribution in [0.5, 0.6) is 0 Å². The van der Waals surface area contributed by atoms with Gasteiger partial charge in [0.2, 0.25) is 11.8 Å². The van der Waals surface area contributed by atoms with Gasteiger partial charge in [-0.1, -0.05) is 0 Å². The van der Waals surface area contributed by atoms with Crippen LogP contribution in [0.15, 0.2) is 0 Å². The molecule has 2 heterocycles. The zero-order valence-corrected chi connectivity index (χ0v) is 10.9. The molecule has 0 saturated carbocycles. The van der Waals surface area contributed by atoms with Crippen LogP contribution < -0.4 is 10.6 Å². The Morgan fingerprint density at radius 2 is 2.24 bits per heavy atom. The van der Waals surface area contributed by atoms with Crippen molar-refractivity contribution in [2.45, 2.75) is 25.8 Å². The highest BCUT2D eigenvalue weighted by molar-refractivity contribution is 5.85. The van der Waals surface area contributed by atoms with Gasteiger partial charge in [-0.15, -0.1) is 12.4 Å². The summed E-state index contributed by atoms with van der Waals surface area (Å²) in [5, 5.41) is 6.07. The molecule has 1 unspecified atom stereocenters. The molecule has 2 rings (SSSR count). The van der Waals surface area contributed by atoms with Crippen LogP contribution >= 0.6 is 12.4 Å².